The number of aryl methyl sites for hydroxylation is 3. The third-order valence-electron chi connectivity index (χ3n) is 8.81. The average molecular weight is 662 g/mol. The maximum absolute atomic E-state index is 15.5. The van der Waals surface area contributed by atoms with Crippen molar-refractivity contribution in [1.82, 2.24) is 14.7 Å². The standard InChI is InChI=1S/C34H34F7N5O/c1-6-19-9-8-10-20(7-2)28(19)46-29(23-15-26(35)27(13-18(23)3)43-31(42)47)24-17-45(32(4,5)30(24)44-46)16-21-11-12-22(33(36,37)38)14-25(21)34(39,40)41/h8-15H,6-7,16-17H2,1-5H3,(H3,42,43,47). The molecular weight excluding hydrogens is 627 g/mol. The summed E-state index contributed by atoms with van der Waals surface area (Å²) in [6.07, 6.45) is -8.65. The first-order valence-corrected chi connectivity index (χ1v) is 15.0. The number of aromatic nitrogens is 2. The molecule has 0 atom stereocenters. The van der Waals surface area contributed by atoms with Crippen LogP contribution in [-0.2, 0) is 43.8 Å². The summed E-state index contributed by atoms with van der Waals surface area (Å²) in [5, 5.41) is 7.32. The number of halogens is 7. The Morgan fingerprint density at radius 2 is 1.60 bits per heavy atom. The summed E-state index contributed by atoms with van der Waals surface area (Å²) < 4.78 is 99.5. The number of nitrogens with one attached hydrogen (secondary N) is 1. The zero-order chi connectivity index (χ0) is 34.6. The van der Waals surface area contributed by atoms with Crippen LogP contribution < -0.4 is 11.1 Å². The van der Waals surface area contributed by atoms with Crippen molar-refractivity contribution in [2.24, 2.45) is 5.73 Å². The average Bonchev–Trinajstić information content (AvgIpc) is 3.46. The number of hydrogen-bond acceptors (Lipinski definition) is 3. The van der Waals surface area contributed by atoms with Gasteiger partial charge in [-0.3, -0.25) is 4.90 Å². The monoisotopic (exact) mass is 661 g/mol. The number of primary amides is 1. The van der Waals surface area contributed by atoms with Crippen LogP contribution in [0.2, 0.25) is 0 Å². The summed E-state index contributed by atoms with van der Waals surface area (Å²) in [4.78, 5) is 13.2. The third kappa shape index (κ3) is 6.20. The molecule has 3 aromatic carbocycles. The van der Waals surface area contributed by atoms with Crippen molar-refractivity contribution in [2.45, 2.75) is 78.4 Å². The van der Waals surface area contributed by atoms with Crippen LogP contribution in [0.15, 0.2) is 48.5 Å². The fraction of sp³-hybridized carbons (Fsp3) is 0.353. The normalized spacial score (nSPS) is 14.8. The van der Waals surface area contributed by atoms with Crippen LogP contribution in [0, 0.1) is 12.7 Å². The Balaban J connectivity index is 1.71. The fourth-order valence-electron chi connectivity index (χ4n) is 6.33. The molecule has 47 heavy (non-hydrogen) atoms. The molecule has 6 nitrogen and oxygen atoms in total. The molecule has 3 N–H and O–H groups in total. The van der Waals surface area contributed by atoms with E-state index in [1.54, 1.807) is 30.4 Å². The van der Waals surface area contributed by atoms with Crippen LogP contribution in [-0.4, -0.2) is 20.7 Å². The Morgan fingerprint density at radius 1 is 0.957 bits per heavy atom. The van der Waals surface area contributed by atoms with Gasteiger partial charge in [-0.25, -0.2) is 13.9 Å². The Morgan fingerprint density at radius 3 is 2.15 bits per heavy atom. The maximum Gasteiger partial charge on any atom is 0.416 e. The van der Waals surface area contributed by atoms with Crippen LogP contribution in [0.5, 0.6) is 0 Å². The summed E-state index contributed by atoms with van der Waals surface area (Å²) in [6, 6.07) is 9.33. The first-order chi connectivity index (χ1) is 21.9. The van der Waals surface area contributed by atoms with Gasteiger partial charge in [0.1, 0.15) is 5.82 Å². The predicted molar refractivity (Wildman–Crippen MR) is 164 cm³/mol. The van der Waals surface area contributed by atoms with Crippen LogP contribution in [0.4, 0.5) is 41.2 Å². The Hall–Kier alpha value is -4.39. The molecule has 2 amide bonds. The lowest BCUT2D eigenvalue weighted by Gasteiger charge is -2.33. The molecule has 13 heteroatoms. The minimum absolute atomic E-state index is 0.0775. The summed E-state index contributed by atoms with van der Waals surface area (Å²) in [7, 11) is 0. The molecule has 5 rings (SSSR count). The minimum Gasteiger partial charge on any atom is -0.351 e. The van der Waals surface area contributed by atoms with Gasteiger partial charge in [-0.2, -0.15) is 31.4 Å². The highest BCUT2D eigenvalue weighted by atomic mass is 19.4. The van der Waals surface area contributed by atoms with Gasteiger partial charge in [-0.1, -0.05) is 38.1 Å². The molecule has 1 aliphatic rings. The fourth-order valence-corrected chi connectivity index (χ4v) is 6.33. The van der Waals surface area contributed by atoms with E-state index in [1.807, 2.05) is 32.0 Å². The summed E-state index contributed by atoms with van der Waals surface area (Å²) >= 11 is 0. The van der Waals surface area contributed by atoms with Crippen molar-refractivity contribution in [3.63, 3.8) is 0 Å². The van der Waals surface area contributed by atoms with Gasteiger partial charge in [0, 0.05) is 24.2 Å². The van der Waals surface area contributed by atoms with Crippen molar-refractivity contribution in [3.05, 3.63) is 99.0 Å². The van der Waals surface area contributed by atoms with E-state index in [4.69, 9.17) is 10.8 Å². The Kier molecular flexibility index (Phi) is 8.67. The second-order valence-corrected chi connectivity index (χ2v) is 12.1. The molecule has 0 saturated carbocycles. The molecule has 1 aromatic heterocycles. The van der Waals surface area contributed by atoms with Crippen molar-refractivity contribution >= 4 is 11.7 Å². The van der Waals surface area contributed by atoms with Gasteiger partial charge < -0.3 is 11.1 Å². The molecule has 0 bridgehead atoms. The third-order valence-corrected chi connectivity index (χ3v) is 8.81. The lowest BCUT2D eigenvalue weighted by molar-refractivity contribution is -0.143. The van der Waals surface area contributed by atoms with Gasteiger partial charge >= 0.3 is 18.4 Å². The summed E-state index contributed by atoms with van der Waals surface area (Å²) in [5.41, 5.74) is 6.56. The van der Waals surface area contributed by atoms with E-state index in [-0.39, 0.29) is 30.4 Å². The quantitative estimate of drug-likeness (QED) is 0.194. The van der Waals surface area contributed by atoms with Gasteiger partial charge in [-0.15, -0.1) is 0 Å². The van der Waals surface area contributed by atoms with Gasteiger partial charge in [0.25, 0.3) is 0 Å². The van der Waals surface area contributed by atoms with Crippen LogP contribution in [0.25, 0.3) is 16.9 Å². The zero-order valence-corrected chi connectivity index (χ0v) is 26.4. The molecule has 0 aliphatic carbocycles. The molecule has 2 heterocycles. The van der Waals surface area contributed by atoms with E-state index in [9.17, 15) is 31.1 Å². The number of benzene rings is 3. The highest BCUT2D eigenvalue weighted by Gasteiger charge is 2.45. The van der Waals surface area contributed by atoms with E-state index < -0.39 is 40.9 Å². The molecule has 0 radical (unpaired) electrons. The van der Waals surface area contributed by atoms with E-state index in [2.05, 4.69) is 5.32 Å². The first kappa shape index (κ1) is 34.0. The maximum atomic E-state index is 15.5. The number of hydrogen-bond donors (Lipinski definition) is 2. The Bertz CT molecular complexity index is 1830. The number of urea groups is 1. The summed E-state index contributed by atoms with van der Waals surface area (Å²) in [5.74, 6) is -0.751. The predicted octanol–water partition coefficient (Wildman–Crippen LogP) is 8.89. The highest BCUT2D eigenvalue weighted by Crippen LogP contribution is 2.47. The molecular formula is C34H34F7N5O. The number of amides is 2. The molecule has 0 spiro atoms. The van der Waals surface area contributed by atoms with Gasteiger partial charge in [0.2, 0.25) is 0 Å². The number of rotatable bonds is 7. The lowest BCUT2D eigenvalue weighted by Crippen LogP contribution is -2.36. The topological polar surface area (TPSA) is 76.2 Å². The van der Waals surface area contributed by atoms with Gasteiger partial charge in [0.15, 0.2) is 0 Å². The Labute approximate surface area is 267 Å². The zero-order valence-electron chi connectivity index (χ0n) is 26.4. The highest BCUT2D eigenvalue weighted by molar-refractivity contribution is 5.89. The number of carbonyl (C=O) groups excluding carboxylic acids is 1. The number of nitrogens with two attached hydrogens (primary N) is 1. The van der Waals surface area contributed by atoms with E-state index in [0.717, 1.165) is 22.9 Å². The van der Waals surface area contributed by atoms with Crippen molar-refractivity contribution < 1.29 is 35.5 Å². The molecule has 1 aliphatic heterocycles. The van der Waals surface area contributed by atoms with Crippen molar-refractivity contribution in [2.75, 3.05) is 5.32 Å². The number of fused-ring (bicyclic) bond motifs is 1. The van der Waals surface area contributed by atoms with Crippen molar-refractivity contribution in [3.8, 4) is 16.9 Å². The van der Waals surface area contributed by atoms with Crippen LogP contribution in [0.1, 0.15) is 72.3 Å². The molecule has 0 saturated heterocycles. The van der Waals surface area contributed by atoms with E-state index >= 15 is 4.39 Å². The second-order valence-electron chi connectivity index (χ2n) is 12.1. The largest absolute Gasteiger partial charge is 0.416 e. The number of alkyl halides is 6. The smallest absolute Gasteiger partial charge is 0.351 e. The number of para-hydroxylation sites is 1. The number of anilines is 1. The molecule has 4 aromatic rings. The summed E-state index contributed by atoms with van der Waals surface area (Å²) in [6.45, 7) is 9.06. The van der Waals surface area contributed by atoms with Crippen molar-refractivity contribution in [1.29, 1.82) is 0 Å². The number of carbonyl (C=O) groups is 1. The first-order valence-electron chi connectivity index (χ1n) is 15.0. The van der Waals surface area contributed by atoms with E-state index in [1.165, 1.54) is 12.1 Å². The van der Waals surface area contributed by atoms with E-state index in [0.29, 0.717) is 47.0 Å². The molecule has 0 fully saturated rings. The number of nitrogens with zero attached hydrogens (tertiary/aromatic N) is 3. The van der Waals surface area contributed by atoms with Gasteiger partial charge in [0.05, 0.1) is 39.4 Å². The molecule has 250 valence electrons. The van der Waals surface area contributed by atoms with Crippen LogP contribution in [0.3, 0.4) is 0 Å². The SMILES string of the molecule is CCc1cccc(CC)c1-n1nc2c(c1-c1cc(F)c(NC(N)=O)cc1C)CN(Cc1ccc(C(F)(F)F)cc1C(F)(F)F)C2(C)C. The van der Waals surface area contributed by atoms with Crippen LogP contribution >= 0.6 is 0 Å². The minimum atomic E-state index is -5.02. The lowest BCUT2D eigenvalue weighted by atomic mass is 9.96. The molecule has 0 unspecified atom stereocenters. The van der Waals surface area contributed by atoms with Gasteiger partial charge in [-0.05, 0) is 80.1 Å². The second kappa shape index (κ2) is 12.0.